The van der Waals surface area contributed by atoms with Gasteiger partial charge in [-0.2, -0.15) is 0 Å². The summed E-state index contributed by atoms with van der Waals surface area (Å²) in [4.78, 5) is 5.91. The van der Waals surface area contributed by atoms with Crippen molar-refractivity contribution in [2.45, 2.75) is 26.3 Å². The van der Waals surface area contributed by atoms with Crippen LogP contribution in [0.2, 0.25) is 0 Å². The van der Waals surface area contributed by atoms with Crippen molar-refractivity contribution < 1.29 is 0 Å². The van der Waals surface area contributed by atoms with Crippen molar-refractivity contribution in [1.82, 2.24) is 15.2 Å². The Labute approximate surface area is 115 Å². The summed E-state index contributed by atoms with van der Waals surface area (Å²) in [6.45, 7) is 7.71. The minimum absolute atomic E-state index is 0.617. The van der Waals surface area contributed by atoms with Crippen LogP contribution in [0.3, 0.4) is 0 Å². The molecule has 19 heavy (non-hydrogen) atoms. The van der Waals surface area contributed by atoms with Gasteiger partial charge in [0.15, 0.2) is 0 Å². The largest absolute Gasteiger partial charge is 0.358 e. The van der Waals surface area contributed by atoms with Crippen LogP contribution >= 0.6 is 0 Å². The molecule has 3 nitrogen and oxygen atoms in total. The van der Waals surface area contributed by atoms with Crippen LogP contribution in [0.4, 0.5) is 0 Å². The zero-order valence-corrected chi connectivity index (χ0v) is 12.1. The minimum atomic E-state index is 0.617. The van der Waals surface area contributed by atoms with Crippen LogP contribution < -0.4 is 5.32 Å². The molecule has 1 saturated heterocycles. The molecule has 0 bridgehead atoms. The molecule has 1 aromatic carbocycles. The number of rotatable bonds is 2. The summed E-state index contributed by atoms with van der Waals surface area (Å²) in [6.07, 6.45) is 1.13. The van der Waals surface area contributed by atoms with Gasteiger partial charge in [-0.25, -0.2) is 0 Å². The van der Waals surface area contributed by atoms with E-state index in [2.05, 4.69) is 54.3 Å². The van der Waals surface area contributed by atoms with Gasteiger partial charge in [0.25, 0.3) is 0 Å². The van der Waals surface area contributed by atoms with E-state index in [-0.39, 0.29) is 0 Å². The molecule has 0 spiro atoms. The maximum absolute atomic E-state index is 3.49. The van der Waals surface area contributed by atoms with E-state index in [1.165, 1.54) is 27.7 Å². The number of piperazine rings is 1. The van der Waals surface area contributed by atoms with E-state index < -0.39 is 0 Å². The van der Waals surface area contributed by atoms with Gasteiger partial charge in [0, 0.05) is 42.3 Å². The van der Waals surface area contributed by atoms with Crippen molar-refractivity contribution in [1.29, 1.82) is 0 Å². The first-order valence-corrected chi connectivity index (χ1v) is 7.14. The molecule has 0 aliphatic carbocycles. The second kappa shape index (κ2) is 4.99. The van der Waals surface area contributed by atoms with E-state index in [1.807, 2.05) is 0 Å². The number of likely N-dealkylation sites (N-methyl/N-ethyl adjacent to an activating group) is 1. The van der Waals surface area contributed by atoms with Crippen molar-refractivity contribution in [2.75, 3.05) is 26.7 Å². The lowest BCUT2D eigenvalue weighted by Gasteiger charge is -2.33. The van der Waals surface area contributed by atoms with Crippen molar-refractivity contribution in [3.8, 4) is 0 Å². The van der Waals surface area contributed by atoms with Crippen LogP contribution in [0, 0.1) is 13.8 Å². The standard InChI is InChI=1S/C16H23N3/c1-11-12(2)18-16-5-4-13(9-15(11)16)8-14-10-17-6-7-19(14)3/h4-5,9,14,17-18H,6-8,10H2,1-3H3. The van der Waals surface area contributed by atoms with Gasteiger partial charge in [-0.1, -0.05) is 6.07 Å². The summed E-state index contributed by atoms with van der Waals surface area (Å²) in [6, 6.07) is 7.46. The SMILES string of the molecule is Cc1[nH]c2ccc(CC3CNCCN3C)cc2c1C. The summed E-state index contributed by atoms with van der Waals surface area (Å²) >= 11 is 0. The third-order valence-corrected chi connectivity index (χ3v) is 4.49. The van der Waals surface area contributed by atoms with Crippen LogP contribution in [0.15, 0.2) is 18.2 Å². The lowest BCUT2D eigenvalue weighted by atomic mass is 10.0. The summed E-state index contributed by atoms with van der Waals surface area (Å²) in [5.41, 5.74) is 5.36. The zero-order valence-electron chi connectivity index (χ0n) is 12.1. The number of fused-ring (bicyclic) bond motifs is 1. The molecule has 0 saturated carbocycles. The highest BCUT2D eigenvalue weighted by Crippen LogP contribution is 2.23. The Hall–Kier alpha value is -1.32. The van der Waals surface area contributed by atoms with Gasteiger partial charge in [0.2, 0.25) is 0 Å². The second-order valence-electron chi connectivity index (χ2n) is 5.80. The summed E-state index contributed by atoms with van der Waals surface area (Å²) in [5, 5.41) is 4.87. The molecule has 1 atom stereocenters. The maximum Gasteiger partial charge on any atom is 0.0458 e. The number of benzene rings is 1. The first-order valence-electron chi connectivity index (χ1n) is 7.14. The first-order chi connectivity index (χ1) is 9.15. The minimum Gasteiger partial charge on any atom is -0.358 e. The average molecular weight is 257 g/mol. The predicted octanol–water partition coefficient (Wildman–Crippen LogP) is 2.23. The Morgan fingerprint density at radius 1 is 1.32 bits per heavy atom. The molecule has 1 aliphatic rings. The lowest BCUT2D eigenvalue weighted by molar-refractivity contribution is 0.199. The average Bonchev–Trinajstić information content (AvgIpc) is 2.68. The number of nitrogens with zero attached hydrogens (tertiary/aromatic N) is 1. The molecule has 3 heteroatoms. The smallest absolute Gasteiger partial charge is 0.0458 e. The Morgan fingerprint density at radius 2 is 2.16 bits per heavy atom. The molecule has 2 N–H and O–H groups in total. The van der Waals surface area contributed by atoms with Crippen LogP contribution in [-0.4, -0.2) is 42.6 Å². The van der Waals surface area contributed by atoms with Gasteiger partial charge < -0.3 is 15.2 Å². The van der Waals surface area contributed by atoms with Crippen molar-refractivity contribution in [3.05, 3.63) is 35.0 Å². The monoisotopic (exact) mass is 257 g/mol. The fraction of sp³-hybridized carbons (Fsp3) is 0.500. The number of aromatic amines is 1. The molecule has 2 aromatic rings. The molecule has 1 unspecified atom stereocenters. The fourth-order valence-corrected chi connectivity index (χ4v) is 3.00. The number of aromatic nitrogens is 1. The molecule has 0 amide bonds. The van der Waals surface area contributed by atoms with Crippen molar-refractivity contribution in [2.24, 2.45) is 0 Å². The number of nitrogens with one attached hydrogen (secondary N) is 2. The molecule has 1 aliphatic heterocycles. The van der Waals surface area contributed by atoms with E-state index in [4.69, 9.17) is 0 Å². The molecule has 1 fully saturated rings. The van der Waals surface area contributed by atoms with Gasteiger partial charge in [-0.3, -0.25) is 0 Å². The van der Waals surface area contributed by atoms with Gasteiger partial charge in [0.1, 0.15) is 0 Å². The number of hydrogen-bond acceptors (Lipinski definition) is 2. The molecular formula is C16H23N3. The van der Waals surface area contributed by atoms with E-state index in [1.54, 1.807) is 0 Å². The number of aryl methyl sites for hydroxylation is 2. The van der Waals surface area contributed by atoms with Gasteiger partial charge >= 0.3 is 0 Å². The lowest BCUT2D eigenvalue weighted by Crippen LogP contribution is -2.50. The topological polar surface area (TPSA) is 31.1 Å². The maximum atomic E-state index is 3.49. The van der Waals surface area contributed by atoms with Crippen molar-refractivity contribution >= 4 is 10.9 Å². The van der Waals surface area contributed by atoms with E-state index in [9.17, 15) is 0 Å². The summed E-state index contributed by atoms with van der Waals surface area (Å²) in [5.74, 6) is 0. The summed E-state index contributed by atoms with van der Waals surface area (Å²) < 4.78 is 0. The van der Waals surface area contributed by atoms with Gasteiger partial charge in [-0.05, 0) is 50.6 Å². The second-order valence-corrected chi connectivity index (χ2v) is 5.80. The molecular weight excluding hydrogens is 234 g/mol. The predicted molar refractivity (Wildman–Crippen MR) is 80.8 cm³/mol. The third-order valence-electron chi connectivity index (χ3n) is 4.49. The third kappa shape index (κ3) is 2.40. The van der Waals surface area contributed by atoms with Crippen molar-refractivity contribution in [3.63, 3.8) is 0 Å². The Balaban J connectivity index is 1.86. The number of H-pyrrole nitrogens is 1. The zero-order chi connectivity index (χ0) is 13.4. The molecule has 102 valence electrons. The Kier molecular flexibility index (Phi) is 3.33. The Bertz CT molecular complexity index is 585. The quantitative estimate of drug-likeness (QED) is 0.864. The highest BCUT2D eigenvalue weighted by Gasteiger charge is 2.19. The normalized spacial score (nSPS) is 21.1. The van der Waals surface area contributed by atoms with E-state index in [0.717, 1.165) is 26.1 Å². The molecule has 1 aromatic heterocycles. The van der Waals surface area contributed by atoms with Gasteiger partial charge in [-0.15, -0.1) is 0 Å². The molecule has 2 heterocycles. The highest BCUT2D eigenvalue weighted by molar-refractivity contribution is 5.85. The van der Waals surface area contributed by atoms with Crippen LogP contribution in [-0.2, 0) is 6.42 Å². The first kappa shape index (κ1) is 12.7. The Morgan fingerprint density at radius 3 is 2.95 bits per heavy atom. The molecule has 0 radical (unpaired) electrons. The van der Waals surface area contributed by atoms with Crippen LogP contribution in [0.1, 0.15) is 16.8 Å². The highest BCUT2D eigenvalue weighted by atomic mass is 15.2. The van der Waals surface area contributed by atoms with E-state index in [0.29, 0.717) is 6.04 Å². The van der Waals surface area contributed by atoms with E-state index >= 15 is 0 Å². The summed E-state index contributed by atoms with van der Waals surface area (Å²) in [7, 11) is 2.23. The number of hydrogen-bond donors (Lipinski definition) is 2. The fourth-order valence-electron chi connectivity index (χ4n) is 3.00. The van der Waals surface area contributed by atoms with Crippen LogP contribution in [0.5, 0.6) is 0 Å². The van der Waals surface area contributed by atoms with Crippen LogP contribution in [0.25, 0.3) is 10.9 Å². The molecule has 3 rings (SSSR count). The van der Waals surface area contributed by atoms with Gasteiger partial charge in [0.05, 0.1) is 0 Å².